The van der Waals surface area contributed by atoms with Crippen molar-refractivity contribution in [3.05, 3.63) is 107 Å². The molecule has 4 nitrogen and oxygen atoms in total. The summed E-state index contributed by atoms with van der Waals surface area (Å²) in [6.45, 7) is 1.76. The summed E-state index contributed by atoms with van der Waals surface area (Å²) < 4.78 is 0. The highest BCUT2D eigenvalue weighted by Gasteiger charge is 2.25. The van der Waals surface area contributed by atoms with Crippen LogP contribution in [0.4, 0.5) is 5.82 Å². The number of aromatic nitrogens is 2. The molecule has 180 valence electrons. The average Bonchev–Trinajstić information content (AvgIpc) is 2.93. The molecule has 0 saturated carbocycles. The zero-order valence-electron chi connectivity index (χ0n) is 20.0. The van der Waals surface area contributed by atoms with Crippen molar-refractivity contribution in [3.8, 4) is 17.3 Å². The van der Waals surface area contributed by atoms with E-state index >= 15 is 0 Å². The van der Waals surface area contributed by atoms with Crippen molar-refractivity contribution in [1.82, 2.24) is 9.97 Å². The largest absolute Gasteiger partial charge is 0.355 e. The van der Waals surface area contributed by atoms with Gasteiger partial charge in [0.1, 0.15) is 11.6 Å². The minimum Gasteiger partial charge on any atom is -0.355 e. The maximum Gasteiger partial charge on any atom is 0.190 e. The van der Waals surface area contributed by atoms with E-state index in [0.717, 1.165) is 49.5 Å². The quantitative estimate of drug-likeness (QED) is 0.191. The van der Waals surface area contributed by atoms with Crippen LogP contribution in [0.2, 0.25) is 5.02 Å². The fourth-order valence-corrected chi connectivity index (χ4v) is 5.58. The van der Waals surface area contributed by atoms with Crippen molar-refractivity contribution in [2.45, 2.75) is 30.2 Å². The molecular formula is C30H27ClN4S. The first-order valence-corrected chi connectivity index (χ1v) is 13.6. The third kappa shape index (κ3) is 5.90. The van der Waals surface area contributed by atoms with Gasteiger partial charge in [0.05, 0.1) is 5.69 Å². The summed E-state index contributed by atoms with van der Waals surface area (Å²) >= 11 is 7.74. The molecule has 0 atom stereocenters. The fraction of sp³-hybridized carbons (Fsp3) is 0.233. The van der Waals surface area contributed by atoms with Crippen LogP contribution in [0.25, 0.3) is 11.3 Å². The molecule has 1 saturated heterocycles. The predicted molar refractivity (Wildman–Crippen MR) is 148 cm³/mol. The summed E-state index contributed by atoms with van der Waals surface area (Å²) in [5.41, 5.74) is 4.68. The lowest BCUT2D eigenvalue weighted by Crippen LogP contribution is -2.35. The van der Waals surface area contributed by atoms with Crippen molar-refractivity contribution in [2.75, 3.05) is 18.0 Å². The standard InChI is InChI=1S/C30H27ClN4S/c31-26-13-11-25(12-14-26)28-27(20-32)29(34-30(33-28)36-21-24-9-5-2-6-10-24)35-17-15-23(16-18-35)19-22-7-3-1-4-8-22/h1-14,23H,15-19,21H2. The molecular weight excluding hydrogens is 484 g/mol. The maximum absolute atomic E-state index is 10.2. The molecule has 36 heavy (non-hydrogen) atoms. The number of hydrogen-bond donors (Lipinski definition) is 0. The van der Waals surface area contributed by atoms with Crippen molar-refractivity contribution in [2.24, 2.45) is 5.92 Å². The molecule has 0 N–H and O–H groups in total. The first-order valence-electron chi connectivity index (χ1n) is 12.2. The molecule has 5 rings (SSSR count). The van der Waals surface area contributed by atoms with Crippen LogP contribution in [0.3, 0.4) is 0 Å². The van der Waals surface area contributed by atoms with Gasteiger partial charge in [-0.05, 0) is 48.4 Å². The molecule has 3 aromatic carbocycles. The number of rotatable bonds is 7. The Hall–Kier alpha value is -3.33. The first-order chi connectivity index (χ1) is 17.7. The number of halogens is 1. The van der Waals surface area contributed by atoms with Crippen LogP contribution in [-0.2, 0) is 12.2 Å². The highest BCUT2D eigenvalue weighted by atomic mass is 35.5. The Labute approximate surface area is 222 Å². The number of thioether (sulfide) groups is 1. The van der Waals surface area contributed by atoms with Gasteiger partial charge in [0.15, 0.2) is 11.0 Å². The second-order valence-electron chi connectivity index (χ2n) is 9.07. The van der Waals surface area contributed by atoms with Crippen LogP contribution >= 0.6 is 23.4 Å². The lowest BCUT2D eigenvalue weighted by atomic mass is 9.90. The molecule has 0 aliphatic carbocycles. The Morgan fingerprint density at radius 3 is 2.14 bits per heavy atom. The summed E-state index contributed by atoms with van der Waals surface area (Å²) in [6.07, 6.45) is 3.25. The molecule has 2 heterocycles. The second-order valence-corrected chi connectivity index (χ2v) is 10.4. The number of benzene rings is 3. The zero-order chi connectivity index (χ0) is 24.7. The van der Waals surface area contributed by atoms with Gasteiger partial charge in [-0.25, -0.2) is 9.97 Å². The van der Waals surface area contributed by atoms with Gasteiger partial charge in [-0.1, -0.05) is 96.2 Å². The van der Waals surface area contributed by atoms with Gasteiger partial charge in [0.25, 0.3) is 0 Å². The number of anilines is 1. The Morgan fingerprint density at radius 2 is 1.50 bits per heavy atom. The van der Waals surface area contributed by atoms with Crippen molar-refractivity contribution < 1.29 is 0 Å². The molecule has 0 bridgehead atoms. The van der Waals surface area contributed by atoms with E-state index in [1.165, 1.54) is 11.1 Å². The molecule has 1 aromatic heterocycles. The Morgan fingerprint density at radius 1 is 0.861 bits per heavy atom. The smallest absolute Gasteiger partial charge is 0.190 e. The van der Waals surface area contributed by atoms with Gasteiger partial charge in [0.2, 0.25) is 0 Å². The molecule has 0 radical (unpaired) electrons. The maximum atomic E-state index is 10.2. The minimum atomic E-state index is 0.530. The summed E-state index contributed by atoms with van der Waals surface area (Å²) in [4.78, 5) is 12.0. The van der Waals surface area contributed by atoms with Gasteiger partial charge in [-0.3, -0.25) is 0 Å². The first kappa shape index (κ1) is 24.4. The molecule has 0 amide bonds. The molecule has 0 spiro atoms. The predicted octanol–water partition coefficient (Wildman–Crippen LogP) is 7.42. The number of nitriles is 1. The highest BCUT2D eigenvalue weighted by Crippen LogP contribution is 2.34. The Balaban J connectivity index is 1.42. The highest BCUT2D eigenvalue weighted by molar-refractivity contribution is 7.98. The van der Waals surface area contributed by atoms with E-state index in [1.54, 1.807) is 11.8 Å². The molecule has 1 aliphatic heterocycles. The zero-order valence-corrected chi connectivity index (χ0v) is 21.6. The number of piperidine rings is 1. The summed E-state index contributed by atoms with van der Waals surface area (Å²) in [5, 5.41) is 11.5. The van der Waals surface area contributed by atoms with Crippen LogP contribution in [-0.4, -0.2) is 23.1 Å². The monoisotopic (exact) mass is 510 g/mol. The van der Waals surface area contributed by atoms with Gasteiger partial charge in [-0.15, -0.1) is 0 Å². The van der Waals surface area contributed by atoms with E-state index in [0.29, 0.717) is 27.4 Å². The molecule has 4 aromatic rings. The minimum absolute atomic E-state index is 0.530. The van der Waals surface area contributed by atoms with Crippen LogP contribution in [0.1, 0.15) is 29.5 Å². The fourth-order valence-electron chi connectivity index (χ4n) is 4.66. The van der Waals surface area contributed by atoms with E-state index in [9.17, 15) is 5.26 Å². The van der Waals surface area contributed by atoms with Crippen LogP contribution in [0.5, 0.6) is 0 Å². The van der Waals surface area contributed by atoms with Gasteiger partial charge < -0.3 is 4.90 Å². The molecule has 1 fully saturated rings. The topological polar surface area (TPSA) is 52.8 Å². The van der Waals surface area contributed by atoms with Crippen molar-refractivity contribution in [1.29, 1.82) is 5.26 Å². The van der Waals surface area contributed by atoms with Crippen LogP contribution in [0, 0.1) is 17.2 Å². The van der Waals surface area contributed by atoms with E-state index in [4.69, 9.17) is 21.6 Å². The van der Waals surface area contributed by atoms with Gasteiger partial charge in [-0.2, -0.15) is 5.26 Å². The number of nitrogens with zero attached hydrogens (tertiary/aromatic N) is 4. The third-order valence-corrected chi connectivity index (χ3v) is 7.76. The Bertz CT molecular complexity index is 1330. The molecule has 6 heteroatoms. The van der Waals surface area contributed by atoms with Crippen LogP contribution < -0.4 is 4.90 Å². The normalized spacial score (nSPS) is 13.9. The Kier molecular flexibility index (Phi) is 7.85. The summed E-state index contributed by atoms with van der Waals surface area (Å²) in [7, 11) is 0. The van der Waals surface area contributed by atoms with Crippen LogP contribution in [0.15, 0.2) is 90.1 Å². The third-order valence-electron chi connectivity index (χ3n) is 6.59. The lowest BCUT2D eigenvalue weighted by Gasteiger charge is -2.33. The van der Waals surface area contributed by atoms with Crippen molar-refractivity contribution in [3.63, 3.8) is 0 Å². The van der Waals surface area contributed by atoms with Gasteiger partial charge in [0, 0.05) is 29.4 Å². The average molecular weight is 511 g/mol. The van der Waals surface area contributed by atoms with E-state index < -0.39 is 0 Å². The van der Waals surface area contributed by atoms with Crippen molar-refractivity contribution >= 4 is 29.2 Å². The second kappa shape index (κ2) is 11.6. The summed E-state index contributed by atoms with van der Waals surface area (Å²) in [6, 6.07) is 31.0. The number of hydrogen-bond acceptors (Lipinski definition) is 5. The molecule has 1 aliphatic rings. The lowest BCUT2D eigenvalue weighted by molar-refractivity contribution is 0.401. The summed E-state index contributed by atoms with van der Waals surface area (Å²) in [5.74, 6) is 2.15. The van der Waals surface area contributed by atoms with E-state index in [1.807, 2.05) is 42.5 Å². The molecule has 0 unspecified atom stereocenters. The van der Waals surface area contributed by atoms with E-state index in [2.05, 4.69) is 53.4 Å². The van der Waals surface area contributed by atoms with E-state index in [-0.39, 0.29) is 0 Å². The van der Waals surface area contributed by atoms with Gasteiger partial charge >= 0.3 is 0 Å². The SMILES string of the molecule is N#Cc1c(-c2ccc(Cl)cc2)nc(SCc2ccccc2)nc1N1CCC(Cc2ccccc2)CC1.